The quantitative estimate of drug-likeness (QED) is 0.353. The topological polar surface area (TPSA) is 127 Å². The molecule has 0 amide bonds. The number of carbonyl (C=O) groups is 1. The van der Waals surface area contributed by atoms with Crippen molar-refractivity contribution in [3.63, 3.8) is 0 Å². The molecule has 7 nitrogen and oxygen atoms in total. The Morgan fingerprint density at radius 3 is 2.07 bits per heavy atom. The zero-order valence-corrected chi connectivity index (χ0v) is 7.85. The van der Waals surface area contributed by atoms with E-state index in [0.717, 1.165) is 0 Å². The lowest BCUT2D eigenvalue weighted by atomic mass is 9.83. The molecule has 0 bridgehead atoms. The lowest BCUT2D eigenvalue weighted by molar-refractivity contribution is -0.259. The molecular weight excluding hydrogens is 208 g/mol. The molecule has 5 atom stereocenters. The van der Waals surface area contributed by atoms with Crippen molar-refractivity contribution in [3.05, 3.63) is 0 Å². The second-order valence-corrected chi connectivity index (χ2v) is 3.47. The van der Waals surface area contributed by atoms with Crippen LogP contribution in [0.1, 0.15) is 0 Å². The summed E-state index contributed by atoms with van der Waals surface area (Å²) in [5.74, 6) is -3.23. The minimum atomic E-state index is -1.58. The molecule has 7 heteroatoms. The number of aliphatic carboxylic acids is 1. The van der Waals surface area contributed by atoms with Gasteiger partial charge in [0, 0.05) is 18.4 Å². The molecule has 1 fully saturated rings. The van der Waals surface area contributed by atoms with E-state index in [9.17, 15) is 15.0 Å². The average Bonchev–Trinajstić information content (AvgIpc) is 2.19. The van der Waals surface area contributed by atoms with Gasteiger partial charge in [0.15, 0.2) is 12.4 Å². The van der Waals surface area contributed by atoms with Gasteiger partial charge in [-0.2, -0.15) is 0 Å². The first-order valence-electron chi connectivity index (χ1n) is 4.49. The van der Waals surface area contributed by atoms with Crippen LogP contribution in [-0.4, -0.2) is 63.2 Å². The molecule has 0 saturated carbocycles. The van der Waals surface area contributed by atoms with E-state index in [1.165, 1.54) is 0 Å². The van der Waals surface area contributed by atoms with E-state index in [0.29, 0.717) is 0 Å². The van der Waals surface area contributed by atoms with E-state index in [-0.39, 0.29) is 0 Å². The van der Waals surface area contributed by atoms with E-state index >= 15 is 0 Å². The third-order valence-electron chi connectivity index (χ3n) is 2.62. The Morgan fingerprint density at radius 2 is 1.67 bits per heavy atom. The molecule has 0 aromatic heterocycles. The number of carboxylic acids is 1. The summed E-state index contributed by atoms with van der Waals surface area (Å²) in [6, 6.07) is 0. The zero-order chi connectivity index (χ0) is 11.6. The van der Waals surface area contributed by atoms with Crippen molar-refractivity contribution >= 4 is 5.97 Å². The highest BCUT2D eigenvalue weighted by Gasteiger charge is 2.46. The molecule has 0 aliphatic carbocycles. The second kappa shape index (κ2) is 4.86. The molecule has 5 N–H and O–H groups in total. The lowest BCUT2D eigenvalue weighted by Gasteiger charge is -2.40. The molecule has 15 heavy (non-hydrogen) atoms. The first-order chi connectivity index (χ1) is 7.02. The van der Waals surface area contributed by atoms with Crippen LogP contribution < -0.4 is 0 Å². The maximum atomic E-state index is 10.6. The molecule has 5 unspecified atom stereocenters. The van der Waals surface area contributed by atoms with Crippen LogP contribution in [0.2, 0.25) is 0 Å². The summed E-state index contributed by atoms with van der Waals surface area (Å²) in [5.41, 5.74) is 0. The summed E-state index contributed by atoms with van der Waals surface area (Å²) in [7, 11) is 0. The summed E-state index contributed by atoms with van der Waals surface area (Å²) in [4.78, 5) is 10.6. The minimum absolute atomic E-state index is 0.504. The first kappa shape index (κ1) is 12.3. The van der Waals surface area contributed by atoms with E-state index in [2.05, 4.69) is 4.74 Å². The van der Waals surface area contributed by atoms with Crippen molar-refractivity contribution in [2.24, 2.45) is 11.8 Å². The third kappa shape index (κ3) is 2.27. The summed E-state index contributed by atoms with van der Waals surface area (Å²) >= 11 is 0. The minimum Gasteiger partial charge on any atom is -0.479 e. The average molecular weight is 222 g/mol. The number of hydrogen-bond acceptors (Lipinski definition) is 6. The number of hydrogen-bond donors (Lipinski definition) is 5. The standard InChI is InChI=1S/C8H14O7/c9-1-3-4(2-10)8(14)15-6(5(3)11)7(12)13/h3-6,8-11,14H,1-2H2,(H,12,13). The number of carboxylic acid groups (broad SMARTS) is 1. The van der Waals surface area contributed by atoms with Crippen LogP contribution in [0.4, 0.5) is 0 Å². The molecule has 1 heterocycles. The van der Waals surface area contributed by atoms with E-state index in [1.54, 1.807) is 0 Å². The maximum Gasteiger partial charge on any atom is 0.335 e. The highest BCUT2D eigenvalue weighted by atomic mass is 16.6. The number of ether oxygens (including phenoxy) is 1. The normalized spacial score (nSPS) is 41.5. The summed E-state index contributed by atoms with van der Waals surface area (Å²) in [5, 5.41) is 45.4. The monoisotopic (exact) mass is 222 g/mol. The Kier molecular flexibility index (Phi) is 4.00. The maximum absolute atomic E-state index is 10.6. The molecule has 1 aliphatic rings. The molecule has 1 aliphatic heterocycles. The molecule has 0 aromatic rings. The molecule has 88 valence electrons. The predicted octanol–water partition coefficient (Wildman–Crippen LogP) is -2.63. The van der Waals surface area contributed by atoms with Gasteiger partial charge in [-0.05, 0) is 0 Å². The van der Waals surface area contributed by atoms with Gasteiger partial charge in [0.1, 0.15) is 0 Å². The fraction of sp³-hybridized carbons (Fsp3) is 0.875. The van der Waals surface area contributed by atoms with Gasteiger partial charge in [-0.15, -0.1) is 0 Å². The van der Waals surface area contributed by atoms with Crippen LogP contribution in [0.3, 0.4) is 0 Å². The molecule has 1 saturated heterocycles. The van der Waals surface area contributed by atoms with Crippen LogP contribution >= 0.6 is 0 Å². The molecule has 1 rings (SSSR count). The van der Waals surface area contributed by atoms with Crippen molar-refractivity contribution in [3.8, 4) is 0 Å². The number of aliphatic hydroxyl groups is 4. The van der Waals surface area contributed by atoms with Crippen LogP contribution in [0, 0.1) is 11.8 Å². The van der Waals surface area contributed by atoms with Gasteiger partial charge in [0.25, 0.3) is 0 Å². The van der Waals surface area contributed by atoms with Gasteiger partial charge in [0.05, 0.1) is 12.7 Å². The van der Waals surface area contributed by atoms with Crippen molar-refractivity contribution < 1.29 is 35.1 Å². The third-order valence-corrected chi connectivity index (χ3v) is 2.62. The largest absolute Gasteiger partial charge is 0.479 e. The molecule has 0 aromatic carbocycles. The van der Waals surface area contributed by atoms with E-state index in [4.69, 9.17) is 15.3 Å². The van der Waals surface area contributed by atoms with Gasteiger partial charge < -0.3 is 30.3 Å². The zero-order valence-electron chi connectivity index (χ0n) is 7.85. The Balaban J connectivity index is 2.84. The number of rotatable bonds is 3. The Morgan fingerprint density at radius 1 is 1.13 bits per heavy atom. The van der Waals surface area contributed by atoms with Gasteiger partial charge in [-0.25, -0.2) is 4.79 Å². The highest BCUT2D eigenvalue weighted by Crippen LogP contribution is 2.29. The molecular formula is C8H14O7. The molecule has 0 radical (unpaired) electrons. The Labute approximate surface area is 85.5 Å². The first-order valence-corrected chi connectivity index (χ1v) is 4.49. The smallest absolute Gasteiger partial charge is 0.335 e. The van der Waals surface area contributed by atoms with Gasteiger partial charge >= 0.3 is 5.97 Å². The van der Waals surface area contributed by atoms with Crippen LogP contribution in [0.25, 0.3) is 0 Å². The Bertz CT molecular complexity index is 231. The van der Waals surface area contributed by atoms with Crippen molar-refractivity contribution in [1.82, 2.24) is 0 Å². The fourth-order valence-corrected chi connectivity index (χ4v) is 1.69. The van der Waals surface area contributed by atoms with E-state index in [1.807, 2.05) is 0 Å². The lowest BCUT2D eigenvalue weighted by Crippen LogP contribution is -2.56. The predicted molar refractivity (Wildman–Crippen MR) is 45.7 cm³/mol. The second-order valence-electron chi connectivity index (χ2n) is 3.47. The van der Waals surface area contributed by atoms with E-state index < -0.39 is 49.5 Å². The van der Waals surface area contributed by atoms with Crippen molar-refractivity contribution in [2.45, 2.75) is 18.5 Å². The SMILES string of the molecule is O=C(O)C1OC(O)C(CO)C(CO)C1O. The fourth-order valence-electron chi connectivity index (χ4n) is 1.69. The van der Waals surface area contributed by atoms with Gasteiger partial charge in [-0.1, -0.05) is 0 Å². The summed E-state index contributed by atoms with van der Waals surface area (Å²) < 4.78 is 4.63. The highest BCUT2D eigenvalue weighted by molar-refractivity contribution is 5.73. The van der Waals surface area contributed by atoms with Gasteiger partial charge in [0.2, 0.25) is 0 Å². The van der Waals surface area contributed by atoms with Crippen molar-refractivity contribution in [2.75, 3.05) is 13.2 Å². The number of aliphatic hydroxyl groups excluding tert-OH is 4. The Hall–Kier alpha value is -0.730. The van der Waals surface area contributed by atoms with Crippen LogP contribution in [-0.2, 0) is 9.53 Å². The summed E-state index contributed by atoms with van der Waals surface area (Å²) in [6.45, 7) is -1.04. The molecule has 0 spiro atoms. The van der Waals surface area contributed by atoms with Crippen molar-refractivity contribution in [1.29, 1.82) is 0 Å². The van der Waals surface area contributed by atoms with Crippen LogP contribution in [0.5, 0.6) is 0 Å². The summed E-state index contributed by atoms with van der Waals surface area (Å²) in [6.07, 6.45) is -4.54. The van der Waals surface area contributed by atoms with Gasteiger partial charge in [-0.3, -0.25) is 0 Å². The van der Waals surface area contributed by atoms with Crippen LogP contribution in [0.15, 0.2) is 0 Å².